The second-order valence-electron chi connectivity index (χ2n) is 7.27. The number of carbonyl (C=O) groups excluding carboxylic acids is 1. The van der Waals surface area contributed by atoms with Gasteiger partial charge in [-0.05, 0) is 54.7 Å². The highest BCUT2D eigenvalue weighted by atomic mass is 32.2. The van der Waals surface area contributed by atoms with Crippen molar-refractivity contribution < 1.29 is 17.9 Å². The highest BCUT2D eigenvalue weighted by molar-refractivity contribution is 7.73. The SMILES string of the molecule is CCc1csc([C@H](Cc2ccc(N[SH](=O)=O)cc2)NC(=O)CCc2ccc(OC)cc2)n1. The van der Waals surface area contributed by atoms with Crippen molar-refractivity contribution in [3.63, 3.8) is 0 Å². The zero-order valence-electron chi connectivity index (χ0n) is 18.0. The number of ether oxygens (including phenoxy) is 1. The van der Waals surface area contributed by atoms with Gasteiger partial charge in [-0.1, -0.05) is 31.2 Å². The summed E-state index contributed by atoms with van der Waals surface area (Å²) in [5.74, 6) is 0.748. The molecule has 1 aromatic heterocycles. The third-order valence-corrected chi connectivity index (χ3v) is 6.43. The number of nitrogens with one attached hydrogen (secondary N) is 2. The lowest BCUT2D eigenvalue weighted by atomic mass is 10.0. The van der Waals surface area contributed by atoms with E-state index < -0.39 is 10.9 Å². The van der Waals surface area contributed by atoms with Crippen molar-refractivity contribution in [3.8, 4) is 5.75 Å². The Morgan fingerprint density at radius 3 is 2.38 bits per heavy atom. The Kier molecular flexibility index (Phi) is 8.64. The molecule has 3 aromatic rings. The van der Waals surface area contributed by atoms with Gasteiger partial charge in [0.05, 0.1) is 18.8 Å². The summed E-state index contributed by atoms with van der Waals surface area (Å²) < 4.78 is 29.2. The quantitative estimate of drug-likeness (QED) is 0.369. The molecule has 170 valence electrons. The van der Waals surface area contributed by atoms with Gasteiger partial charge in [0.25, 0.3) is 0 Å². The Morgan fingerprint density at radius 1 is 1.09 bits per heavy atom. The minimum Gasteiger partial charge on any atom is -0.497 e. The lowest BCUT2D eigenvalue weighted by molar-refractivity contribution is -0.121. The molecular weight excluding hydrogens is 446 g/mol. The fraction of sp³-hybridized carbons (Fsp3) is 0.304. The summed E-state index contributed by atoms with van der Waals surface area (Å²) in [4.78, 5) is 17.4. The summed E-state index contributed by atoms with van der Waals surface area (Å²) in [6.07, 6.45) is 2.40. The van der Waals surface area contributed by atoms with Crippen molar-refractivity contribution in [3.05, 3.63) is 75.7 Å². The third-order valence-electron chi connectivity index (χ3n) is 4.98. The average molecular weight is 474 g/mol. The number of nitrogens with zero attached hydrogens (tertiary/aromatic N) is 1. The molecule has 0 fully saturated rings. The zero-order chi connectivity index (χ0) is 22.9. The summed E-state index contributed by atoms with van der Waals surface area (Å²) in [5, 5.41) is 6.01. The van der Waals surface area contributed by atoms with Gasteiger partial charge in [-0.2, -0.15) is 0 Å². The van der Waals surface area contributed by atoms with Gasteiger partial charge < -0.3 is 10.1 Å². The molecule has 0 spiro atoms. The summed E-state index contributed by atoms with van der Waals surface area (Å²) >= 11 is 1.54. The first-order valence-corrected chi connectivity index (χ1v) is 12.4. The Hall–Kier alpha value is -2.91. The molecule has 1 heterocycles. The molecule has 0 saturated heterocycles. The number of benzene rings is 2. The molecule has 3 rings (SSSR count). The Labute approximate surface area is 193 Å². The molecule has 0 aliphatic rings. The fourth-order valence-corrected chi connectivity index (χ4v) is 4.53. The minimum absolute atomic E-state index is 0.0410. The smallest absolute Gasteiger partial charge is 0.222 e. The second kappa shape index (κ2) is 11.6. The van der Waals surface area contributed by atoms with Crippen molar-refractivity contribution in [1.29, 1.82) is 0 Å². The van der Waals surface area contributed by atoms with E-state index in [0.29, 0.717) is 24.9 Å². The van der Waals surface area contributed by atoms with E-state index in [1.807, 2.05) is 48.7 Å². The Morgan fingerprint density at radius 2 is 1.78 bits per heavy atom. The van der Waals surface area contributed by atoms with Gasteiger partial charge in [0.2, 0.25) is 16.8 Å². The van der Waals surface area contributed by atoms with Gasteiger partial charge in [0.1, 0.15) is 10.8 Å². The third kappa shape index (κ3) is 7.06. The van der Waals surface area contributed by atoms with Crippen LogP contribution in [0.25, 0.3) is 0 Å². The van der Waals surface area contributed by atoms with E-state index in [1.54, 1.807) is 30.6 Å². The summed E-state index contributed by atoms with van der Waals surface area (Å²) in [6.45, 7) is 2.05. The van der Waals surface area contributed by atoms with Crippen LogP contribution in [0.3, 0.4) is 0 Å². The van der Waals surface area contributed by atoms with E-state index in [4.69, 9.17) is 4.74 Å². The van der Waals surface area contributed by atoms with E-state index in [2.05, 4.69) is 15.0 Å². The first-order chi connectivity index (χ1) is 15.5. The maximum atomic E-state index is 12.7. The molecule has 0 unspecified atom stereocenters. The van der Waals surface area contributed by atoms with Crippen LogP contribution in [0, 0.1) is 0 Å². The van der Waals surface area contributed by atoms with Gasteiger partial charge in [-0.25, -0.2) is 13.4 Å². The van der Waals surface area contributed by atoms with Gasteiger partial charge in [0.15, 0.2) is 0 Å². The van der Waals surface area contributed by atoms with Gasteiger partial charge in [-0.3, -0.25) is 9.52 Å². The largest absolute Gasteiger partial charge is 0.497 e. The number of amides is 1. The molecule has 0 aliphatic heterocycles. The summed E-state index contributed by atoms with van der Waals surface area (Å²) in [5.41, 5.74) is 3.55. The van der Waals surface area contributed by atoms with Crippen LogP contribution >= 0.6 is 11.3 Å². The number of anilines is 1. The highest BCUT2D eigenvalue weighted by Crippen LogP contribution is 2.24. The predicted octanol–water partition coefficient (Wildman–Crippen LogP) is 3.69. The van der Waals surface area contributed by atoms with Gasteiger partial charge in [0, 0.05) is 17.5 Å². The highest BCUT2D eigenvalue weighted by Gasteiger charge is 2.19. The first kappa shape index (κ1) is 23.7. The molecule has 0 radical (unpaired) electrons. The van der Waals surface area contributed by atoms with E-state index in [0.717, 1.165) is 34.0 Å². The lowest BCUT2D eigenvalue weighted by Gasteiger charge is -2.17. The van der Waals surface area contributed by atoms with Gasteiger partial charge in [-0.15, -0.1) is 11.3 Å². The minimum atomic E-state index is -2.70. The van der Waals surface area contributed by atoms with Crippen LogP contribution < -0.4 is 14.8 Å². The molecule has 7 nitrogen and oxygen atoms in total. The number of carbonyl (C=O) groups is 1. The van der Waals surface area contributed by atoms with Crippen LogP contribution in [-0.2, 0) is 34.9 Å². The van der Waals surface area contributed by atoms with Crippen molar-refractivity contribution in [2.45, 2.75) is 38.6 Å². The molecule has 1 amide bonds. The van der Waals surface area contributed by atoms with E-state index in [-0.39, 0.29) is 11.9 Å². The Bertz CT molecular complexity index is 1090. The number of hydrogen-bond acceptors (Lipinski definition) is 6. The second-order valence-corrected chi connectivity index (χ2v) is 8.90. The van der Waals surface area contributed by atoms with Crippen LogP contribution in [0.1, 0.15) is 41.2 Å². The monoisotopic (exact) mass is 473 g/mol. The van der Waals surface area contributed by atoms with E-state index >= 15 is 0 Å². The molecule has 32 heavy (non-hydrogen) atoms. The first-order valence-electron chi connectivity index (χ1n) is 10.3. The van der Waals surface area contributed by atoms with Crippen LogP contribution in [0.5, 0.6) is 5.75 Å². The number of rotatable bonds is 11. The van der Waals surface area contributed by atoms with Crippen LogP contribution in [0.15, 0.2) is 53.9 Å². The standard InChI is InChI=1S/C23H27N3O4S2/c1-3-18-15-31-23(24-18)21(14-17-4-9-19(10-5-17)26-32(28)29)25-22(27)13-8-16-6-11-20(30-2)12-7-16/h4-7,9-12,15,21,32H,3,8,13-14H2,1-2H3,(H,25,27)(H,26,28,29)/t21-/m0/s1. The molecule has 2 aromatic carbocycles. The number of thiol groups is 1. The average Bonchev–Trinajstić information content (AvgIpc) is 3.28. The van der Waals surface area contributed by atoms with Gasteiger partial charge >= 0.3 is 0 Å². The topological polar surface area (TPSA) is 97.4 Å². The Balaban J connectivity index is 1.67. The molecule has 0 bridgehead atoms. The number of aryl methyl sites for hydroxylation is 2. The zero-order valence-corrected chi connectivity index (χ0v) is 19.7. The number of methoxy groups -OCH3 is 1. The number of thiazole rings is 1. The predicted molar refractivity (Wildman–Crippen MR) is 128 cm³/mol. The maximum Gasteiger partial charge on any atom is 0.222 e. The summed E-state index contributed by atoms with van der Waals surface area (Å²) in [7, 11) is -1.07. The lowest BCUT2D eigenvalue weighted by Crippen LogP contribution is -2.30. The molecule has 1 atom stereocenters. The summed E-state index contributed by atoms with van der Waals surface area (Å²) in [6, 6.07) is 14.6. The van der Waals surface area contributed by atoms with Crippen molar-refractivity contribution >= 4 is 33.8 Å². The maximum absolute atomic E-state index is 12.7. The van der Waals surface area contributed by atoms with Crippen LogP contribution in [0.4, 0.5) is 5.69 Å². The molecule has 2 N–H and O–H groups in total. The molecular formula is C23H27N3O4S2. The number of hydrogen-bond donors (Lipinski definition) is 3. The van der Waals surface area contributed by atoms with E-state index in [9.17, 15) is 13.2 Å². The molecule has 0 aliphatic carbocycles. The van der Waals surface area contributed by atoms with Crippen molar-refractivity contribution in [2.75, 3.05) is 11.8 Å². The normalized spacial score (nSPS) is 11.8. The fourth-order valence-electron chi connectivity index (χ4n) is 3.22. The van der Waals surface area contributed by atoms with Crippen molar-refractivity contribution in [1.82, 2.24) is 10.3 Å². The number of aromatic nitrogens is 1. The van der Waals surface area contributed by atoms with Crippen molar-refractivity contribution in [2.24, 2.45) is 0 Å². The van der Waals surface area contributed by atoms with E-state index in [1.165, 1.54) is 0 Å². The molecule has 0 saturated carbocycles. The van der Waals surface area contributed by atoms with Crippen LogP contribution in [-0.4, -0.2) is 26.4 Å². The molecule has 9 heteroatoms. The van der Waals surface area contributed by atoms with Crippen LogP contribution in [0.2, 0.25) is 0 Å².